The summed E-state index contributed by atoms with van der Waals surface area (Å²) in [6.45, 7) is 15.3. The van der Waals surface area contributed by atoms with Crippen LogP contribution in [0.25, 0.3) is 11.1 Å². The molecular weight excluding hydrogens is 380 g/mol. The molecule has 3 rings (SSSR count). The molecule has 0 aliphatic heterocycles. The Labute approximate surface area is 185 Å². The van der Waals surface area contributed by atoms with Crippen LogP contribution in [0.2, 0.25) is 0 Å². The lowest BCUT2D eigenvalue weighted by molar-refractivity contribution is 0.409. The Balaban J connectivity index is 2.54. The highest BCUT2D eigenvalue weighted by molar-refractivity contribution is 5.87. The molecule has 2 N–H and O–H groups in total. The largest absolute Gasteiger partial charge is 0.512 e. The molecule has 2 nitrogen and oxygen atoms in total. The van der Waals surface area contributed by atoms with E-state index in [9.17, 15) is 10.2 Å². The van der Waals surface area contributed by atoms with Gasteiger partial charge in [-0.3, -0.25) is 0 Å². The number of allylic oxidation sites excluding steroid dienone is 9. The first-order valence-electron chi connectivity index (χ1n) is 10.4. The molecule has 0 atom stereocenters. The van der Waals surface area contributed by atoms with Crippen LogP contribution in [0.1, 0.15) is 38.8 Å². The second kappa shape index (κ2) is 8.69. The molecule has 158 valence electrons. The summed E-state index contributed by atoms with van der Waals surface area (Å²) in [5, 5.41) is 20.2. The maximum Gasteiger partial charge on any atom is 0.111 e. The zero-order valence-electron chi connectivity index (χ0n) is 18.7. The molecule has 0 fully saturated rings. The van der Waals surface area contributed by atoms with E-state index < -0.39 is 5.41 Å². The fraction of sp³-hybridized carbons (Fsp3) is 0.172. The summed E-state index contributed by atoms with van der Waals surface area (Å²) in [4.78, 5) is 0. The fourth-order valence-corrected chi connectivity index (χ4v) is 4.41. The van der Waals surface area contributed by atoms with Gasteiger partial charge in [0.25, 0.3) is 0 Å². The lowest BCUT2D eigenvalue weighted by Crippen LogP contribution is -2.29. The van der Waals surface area contributed by atoms with E-state index in [1.54, 1.807) is 6.92 Å². The van der Waals surface area contributed by atoms with E-state index in [-0.39, 0.29) is 11.5 Å². The van der Waals surface area contributed by atoms with Crippen LogP contribution >= 0.6 is 0 Å². The predicted octanol–water partition coefficient (Wildman–Crippen LogP) is 7.88. The topological polar surface area (TPSA) is 40.5 Å². The van der Waals surface area contributed by atoms with Gasteiger partial charge in [0, 0.05) is 0 Å². The Bertz CT molecular complexity index is 1120. The van der Waals surface area contributed by atoms with Crippen LogP contribution in [0.15, 0.2) is 120 Å². The van der Waals surface area contributed by atoms with Gasteiger partial charge in [-0.05, 0) is 72.2 Å². The van der Waals surface area contributed by atoms with Crippen LogP contribution in [-0.2, 0) is 5.41 Å². The van der Waals surface area contributed by atoms with Gasteiger partial charge in [0.15, 0.2) is 0 Å². The van der Waals surface area contributed by atoms with E-state index in [4.69, 9.17) is 0 Å². The molecule has 0 spiro atoms. The SMILES string of the molecule is C=C/C(=C\C(C)=C(/C)O)C1(C(/C=C(/C)C(=C)O)=C/C)c2ccccc2-c2ccccc21. The van der Waals surface area contributed by atoms with Crippen LogP contribution in [-0.4, -0.2) is 10.2 Å². The van der Waals surface area contributed by atoms with Crippen molar-refractivity contribution in [1.29, 1.82) is 0 Å². The van der Waals surface area contributed by atoms with Crippen LogP contribution in [0.5, 0.6) is 0 Å². The van der Waals surface area contributed by atoms with Gasteiger partial charge < -0.3 is 10.2 Å². The van der Waals surface area contributed by atoms with Crippen LogP contribution in [0, 0.1) is 0 Å². The maximum atomic E-state index is 10.1. The number of hydrogen-bond donors (Lipinski definition) is 2. The third-order valence-corrected chi connectivity index (χ3v) is 6.12. The summed E-state index contributed by atoms with van der Waals surface area (Å²) in [5.74, 6) is 0.312. The zero-order chi connectivity index (χ0) is 22.8. The summed E-state index contributed by atoms with van der Waals surface area (Å²) in [7, 11) is 0. The van der Waals surface area contributed by atoms with Gasteiger partial charge in [-0.2, -0.15) is 0 Å². The minimum absolute atomic E-state index is 0.0421. The Hall–Kier alpha value is -3.52. The smallest absolute Gasteiger partial charge is 0.111 e. The maximum absolute atomic E-state index is 10.1. The van der Waals surface area contributed by atoms with E-state index in [2.05, 4.69) is 67.8 Å². The third kappa shape index (κ3) is 3.59. The van der Waals surface area contributed by atoms with Crippen LogP contribution < -0.4 is 0 Å². The van der Waals surface area contributed by atoms with Gasteiger partial charge in [0.1, 0.15) is 5.76 Å². The number of hydrogen-bond acceptors (Lipinski definition) is 2. The predicted molar refractivity (Wildman–Crippen MR) is 131 cm³/mol. The summed E-state index contributed by atoms with van der Waals surface area (Å²) in [6.07, 6.45) is 7.93. The molecule has 0 bridgehead atoms. The molecule has 0 aromatic heterocycles. The zero-order valence-corrected chi connectivity index (χ0v) is 18.7. The lowest BCUT2D eigenvalue weighted by Gasteiger charge is -2.36. The summed E-state index contributed by atoms with van der Waals surface area (Å²) in [6, 6.07) is 16.8. The van der Waals surface area contributed by atoms with Crippen molar-refractivity contribution < 1.29 is 10.2 Å². The molecule has 0 saturated heterocycles. The molecule has 0 heterocycles. The fourth-order valence-electron chi connectivity index (χ4n) is 4.41. The quantitative estimate of drug-likeness (QED) is 0.375. The molecule has 0 unspecified atom stereocenters. The molecule has 2 aromatic carbocycles. The average Bonchev–Trinajstić information content (AvgIpc) is 3.06. The summed E-state index contributed by atoms with van der Waals surface area (Å²) < 4.78 is 0. The normalized spacial score (nSPS) is 16.3. The van der Waals surface area contributed by atoms with Gasteiger partial charge >= 0.3 is 0 Å². The van der Waals surface area contributed by atoms with E-state index in [0.29, 0.717) is 5.57 Å². The minimum atomic E-state index is -0.642. The number of aliphatic hydroxyl groups is 2. The van der Waals surface area contributed by atoms with E-state index in [1.807, 2.05) is 39.0 Å². The molecule has 0 amide bonds. The highest BCUT2D eigenvalue weighted by atomic mass is 16.3. The molecule has 31 heavy (non-hydrogen) atoms. The van der Waals surface area contributed by atoms with Crippen molar-refractivity contribution in [2.24, 2.45) is 0 Å². The van der Waals surface area contributed by atoms with Gasteiger partial charge in [-0.15, -0.1) is 0 Å². The lowest BCUT2D eigenvalue weighted by atomic mass is 9.65. The highest BCUT2D eigenvalue weighted by Crippen LogP contribution is 2.57. The first-order valence-corrected chi connectivity index (χ1v) is 10.4. The first kappa shape index (κ1) is 22.2. The van der Waals surface area contributed by atoms with Crippen molar-refractivity contribution in [3.63, 3.8) is 0 Å². The molecule has 2 heteroatoms. The van der Waals surface area contributed by atoms with Crippen LogP contribution in [0.3, 0.4) is 0 Å². The highest BCUT2D eigenvalue weighted by Gasteiger charge is 2.46. The van der Waals surface area contributed by atoms with Crippen molar-refractivity contribution in [3.05, 3.63) is 131 Å². The van der Waals surface area contributed by atoms with Gasteiger partial charge in [0.05, 0.1) is 11.2 Å². The van der Waals surface area contributed by atoms with Crippen molar-refractivity contribution in [2.75, 3.05) is 0 Å². The van der Waals surface area contributed by atoms with Crippen molar-refractivity contribution in [3.8, 4) is 11.1 Å². The third-order valence-electron chi connectivity index (χ3n) is 6.12. The summed E-state index contributed by atoms with van der Waals surface area (Å²) in [5.41, 5.74) is 7.42. The monoisotopic (exact) mass is 410 g/mol. The minimum Gasteiger partial charge on any atom is -0.512 e. The van der Waals surface area contributed by atoms with Gasteiger partial charge in [-0.1, -0.05) is 86.0 Å². The number of benzene rings is 2. The number of aliphatic hydroxyl groups excluding tert-OH is 2. The first-order chi connectivity index (χ1) is 14.8. The van der Waals surface area contributed by atoms with Crippen molar-refractivity contribution in [2.45, 2.75) is 33.1 Å². The van der Waals surface area contributed by atoms with Crippen molar-refractivity contribution >= 4 is 0 Å². The molecule has 1 aliphatic carbocycles. The number of fused-ring (bicyclic) bond motifs is 3. The van der Waals surface area contributed by atoms with E-state index in [0.717, 1.165) is 27.8 Å². The molecule has 0 radical (unpaired) electrons. The molecular formula is C29H30O2. The van der Waals surface area contributed by atoms with Gasteiger partial charge in [-0.25, -0.2) is 0 Å². The van der Waals surface area contributed by atoms with E-state index >= 15 is 0 Å². The second-order valence-electron chi connectivity index (χ2n) is 7.93. The molecule has 0 saturated carbocycles. The van der Waals surface area contributed by atoms with E-state index in [1.165, 1.54) is 11.1 Å². The standard InChI is InChI=1S/C29H30O2/c1-7-23(17-19(3)21(5)30)29(24(8-2)18-20(4)22(6)31)27-15-11-9-13-25(27)26-14-10-12-16-28(26)29/h7-18,30-31H,1,6H2,2-5H3/b20-18-,21-19+,23-17+,24-8+. The Kier molecular flexibility index (Phi) is 6.21. The van der Waals surface area contributed by atoms with Crippen molar-refractivity contribution in [1.82, 2.24) is 0 Å². The summed E-state index contributed by atoms with van der Waals surface area (Å²) >= 11 is 0. The Morgan fingerprint density at radius 3 is 1.77 bits per heavy atom. The molecule has 2 aromatic rings. The van der Waals surface area contributed by atoms with Gasteiger partial charge in [0.2, 0.25) is 0 Å². The molecule has 1 aliphatic rings. The Morgan fingerprint density at radius 2 is 1.35 bits per heavy atom. The van der Waals surface area contributed by atoms with Crippen LogP contribution in [0.4, 0.5) is 0 Å². The average molecular weight is 411 g/mol. The number of rotatable bonds is 6. The Morgan fingerprint density at radius 1 is 0.839 bits per heavy atom. The second-order valence-corrected chi connectivity index (χ2v) is 7.93.